The average Bonchev–Trinajstić information content (AvgIpc) is 2.40. The van der Waals surface area contributed by atoms with Gasteiger partial charge >= 0.3 is 0 Å². The van der Waals surface area contributed by atoms with Crippen molar-refractivity contribution in [1.29, 1.82) is 0 Å². The van der Waals surface area contributed by atoms with Gasteiger partial charge in [0.1, 0.15) is 11.9 Å². The lowest BCUT2D eigenvalue weighted by Gasteiger charge is -2.20. The van der Waals surface area contributed by atoms with Crippen molar-refractivity contribution in [3.8, 4) is 0 Å². The van der Waals surface area contributed by atoms with Crippen LogP contribution in [0.2, 0.25) is 0 Å². The minimum absolute atomic E-state index is 0.152. The third-order valence-corrected chi connectivity index (χ3v) is 3.09. The zero-order chi connectivity index (χ0) is 15.4. The lowest BCUT2D eigenvalue weighted by atomic mass is 10.1. The molecule has 20 heavy (non-hydrogen) atoms. The van der Waals surface area contributed by atoms with Crippen molar-refractivity contribution in [2.24, 2.45) is 0 Å². The molecule has 0 aliphatic carbocycles. The third-order valence-electron chi connectivity index (χ3n) is 3.09. The molecule has 6 heteroatoms. The summed E-state index contributed by atoms with van der Waals surface area (Å²) < 4.78 is 13.9. The topological polar surface area (TPSA) is 75.4 Å². The number of aryl methyl sites for hydroxylation is 1. The summed E-state index contributed by atoms with van der Waals surface area (Å²) in [5.41, 5.74) is 6.05. The van der Waals surface area contributed by atoms with Gasteiger partial charge in [-0.1, -0.05) is 0 Å². The number of benzene rings is 1. The molecule has 0 fully saturated rings. The van der Waals surface area contributed by atoms with Crippen LogP contribution in [0.4, 0.5) is 10.1 Å². The van der Waals surface area contributed by atoms with E-state index in [0.717, 1.165) is 0 Å². The molecule has 5 nitrogen and oxygen atoms in total. The highest BCUT2D eigenvalue weighted by atomic mass is 19.1. The first-order valence-corrected chi connectivity index (χ1v) is 6.39. The van der Waals surface area contributed by atoms with Crippen molar-refractivity contribution >= 4 is 17.5 Å². The minimum Gasteiger partial charge on any atom is -0.399 e. The van der Waals surface area contributed by atoms with Crippen LogP contribution in [0.25, 0.3) is 0 Å². The fraction of sp³-hybridized carbons (Fsp3) is 0.429. The summed E-state index contributed by atoms with van der Waals surface area (Å²) >= 11 is 0. The SMILES string of the molecule is CCN(C)C(=O)C(C)NC(=O)c1cc(N)cc(C)c1F. The lowest BCUT2D eigenvalue weighted by Crippen LogP contribution is -2.45. The highest BCUT2D eigenvalue weighted by molar-refractivity contribution is 5.98. The Labute approximate surface area is 117 Å². The number of rotatable bonds is 4. The second-order valence-corrected chi connectivity index (χ2v) is 4.75. The lowest BCUT2D eigenvalue weighted by molar-refractivity contribution is -0.131. The number of hydrogen-bond acceptors (Lipinski definition) is 3. The molecule has 1 aromatic rings. The summed E-state index contributed by atoms with van der Waals surface area (Å²) in [5.74, 6) is -1.51. The highest BCUT2D eigenvalue weighted by Crippen LogP contribution is 2.17. The van der Waals surface area contributed by atoms with Gasteiger partial charge in [-0.3, -0.25) is 9.59 Å². The molecule has 0 aliphatic rings. The quantitative estimate of drug-likeness (QED) is 0.817. The number of halogens is 1. The molecule has 0 spiro atoms. The predicted molar refractivity (Wildman–Crippen MR) is 75.8 cm³/mol. The van der Waals surface area contributed by atoms with E-state index in [4.69, 9.17) is 5.73 Å². The number of nitrogens with two attached hydrogens (primary N) is 1. The molecule has 0 radical (unpaired) electrons. The number of nitrogens with zero attached hydrogens (tertiary/aromatic N) is 1. The molecule has 0 aliphatic heterocycles. The van der Waals surface area contributed by atoms with Crippen LogP contribution < -0.4 is 11.1 Å². The third kappa shape index (κ3) is 3.46. The standard InChI is InChI=1S/C14H20FN3O2/c1-5-18(4)14(20)9(3)17-13(19)11-7-10(16)6-8(2)12(11)15/h6-7,9H,5,16H2,1-4H3,(H,17,19). The molecule has 1 rings (SSSR count). The van der Waals surface area contributed by atoms with Crippen LogP contribution in [0.15, 0.2) is 12.1 Å². The minimum atomic E-state index is -0.728. The molecular weight excluding hydrogens is 261 g/mol. The van der Waals surface area contributed by atoms with E-state index in [1.807, 2.05) is 6.92 Å². The number of carbonyl (C=O) groups excluding carboxylic acids is 2. The van der Waals surface area contributed by atoms with Gasteiger partial charge in [-0.2, -0.15) is 0 Å². The molecule has 0 heterocycles. The first kappa shape index (κ1) is 15.9. The highest BCUT2D eigenvalue weighted by Gasteiger charge is 2.21. The molecule has 0 saturated carbocycles. The van der Waals surface area contributed by atoms with E-state index in [-0.39, 0.29) is 11.5 Å². The fourth-order valence-electron chi connectivity index (χ4n) is 1.79. The van der Waals surface area contributed by atoms with Crippen LogP contribution in [0, 0.1) is 12.7 Å². The van der Waals surface area contributed by atoms with Crippen molar-refractivity contribution in [1.82, 2.24) is 10.2 Å². The van der Waals surface area contributed by atoms with Gasteiger partial charge in [0.2, 0.25) is 5.91 Å². The van der Waals surface area contributed by atoms with Crippen molar-refractivity contribution < 1.29 is 14.0 Å². The monoisotopic (exact) mass is 281 g/mol. The Bertz CT molecular complexity index is 531. The number of amides is 2. The zero-order valence-electron chi connectivity index (χ0n) is 12.2. The molecular formula is C14H20FN3O2. The molecule has 0 aromatic heterocycles. The van der Waals surface area contributed by atoms with Crippen LogP contribution in [0.3, 0.4) is 0 Å². The molecule has 1 aromatic carbocycles. The summed E-state index contributed by atoms with van der Waals surface area (Å²) in [7, 11) is 1.64. The second-order valence-electron chi connectivity index (χ2n) is 4.75. The van der Waals surface area contributed by atoms with Crippen molar-refractivity contribution in [3.63, 3.8) is 0 Å². The van der Waals surface area contributed by atoms with Crippen LogP contribution >= 0.6 is 0 Å². The van der Waals surface area contributed by atoms with E-state index in [9.17, 15) is 14.0 Å². The van der Waals surface area contributed by atoms with E-state index < -0.39 is 17.8 Å². The second kappa shape index (κ2) is 6.36. The largest absolute Gasteiger partial charge is 0.399 e. The van der Waals surface area contributed by atoms with Gasteiger partial charge < -0.3 is 16.0 Å². The number of hydrogen-bond donors (Lipinski definition) is 2. The number of likely N-dealkylation sites (N-methyl/N-ethyl adjacent to an activating group) is 1. The van der Waals surface area contributed by atoms with Crippen LogP contribution in [-0.2, 0) is 4.79 Å². The Kier molecular flexibility index (Phi) is 5.07. The fourth-order valence-corrected chi connectivity index (χ4v) is 1.79. The normalized spacial score (nSPS) is 11.8. The van der Waals surface area contributed by atoms with Crippen LogP contribution in [0.1, 0.15) is 29.8 Å². The zero-order valence-corrected chi connectivity index (χ0v) is 12.2. The van der Waals surface area contributed by atoms with Crippen molar-refractivity contribution in [2.75, 3.05) is 19.3 Å². The van der Waals surface area contributed by atoms with E-state index in [1.54, 1.807) is 14.0 Å². The number of carbonyl (C=O) groups is 2. The number of nitrogen functional groups attached to an aromatic ring is 1. The Balaban J connectivity index is 2.90. The molecule has 2 amide bonds. The first-order valence-electron chi connectivity index (χ1n) is 6.39. The predicted octanol–water partition coefficient (Wildman–Crippen LogP) is 1.31. The summed E-state index contributed by atoms with van der Waals surface area (Å²) in [6, 6.07) is 1.98. The van der Waals surface area contributed by atoms with Gasteiger partial charge in [-0.15, -0.1) is 0 Å². The maximum atomic E-state index is 13.9. The molecule has 0 bridgehead atoms. The van der Waals surface area contributed by atoms with Gasteiger partial charge in [0.15, 0.2) is 0 Å². The number of anilines is 1. The van der Waals surface area contributed by atoms with E-state index >= 15 is 0 Å². The van der Waals surface area contributed by atoms with Crippen molar-refractivity contribution in [3.05, 3.63) is 29.1 Å². The van der Waals surface area contributed by atoms with Gasteiger partial charge in [-0.05, 0) is 38.5 Å². The van der Waals surface area contributed by atoms with Gasteiger partial charge in [0.05, 0.1) is 5.56 Å². The van der Waals surface area contributed by atoms with Crippen LogP contribution in [-0.4, -0.2) is 36.3 Å². The summed E-state index contributed by atoms with van der Waals surface area (Å²) in [5, 5.41) is 2.48. The Morgan fingerprint density at radius 1 is 1.45 bits per heavy atom. The smallest absolute Gasteiger partial charge is 0.254 e. The summed E-state index contributed by atoms with van der Waals surface area (Å²) in [4.78, 5) is 25.3. The molecule has 1 unspecified atom stereocenters. The van der Waals surface area contributed by atoms with Crippen molar-refractivity contribution in [2.45, 2.75) is 26.8 Å². The number of nitrogens with one attached hydrogen (secondary N) is 1. The molecule has 3 N–H and O–H groups in total. The van der Waals surface area contributed by atoms with E-state index in [0.29, 0.717) is 17.8 Å². The maximum Gasteiger partial charge on any atom is 0.254 e. The Morgan fingerprint density at radius 3 is 2.60 bits per heavy atom. The Morgan fingerprint density at radius 2 is 2.05 bits per heavy atom. The molecule has 1 atom stereocenters. The maximum absolute atomic E-state index is 13.9. The van der Waals surface area contributed by atoms with E-state index in [2.05, 4.69) is 5.32 Å². The first-order chi connectivity index (χ1) is 9.27. The van der Waals surface area contributed by atoms with E-state index in [1.165, 1.54) is 24.0 Å². The van der Waals surface area contributed by atoms with Gasteiger partial charge in [0.25, 0.3) is 5.91 Å². The summed E-state index contributed by atoms with van der Waals surface area (Å²) in [6.07, 6.45) is 0. The summed E-state index contributed by atoms with van der Waals surface area (Å²) in [6.45, 7) is 5.45. The average molecular weight is 281 g/mol. The molecule has 0 saturated heterocycles. The molecule has 110 valence electrons. The van der Waals surface area contributed by atoms with Gasteiger partial charge in [0, 0.05) is 19.3 Å². The Hall–Kier alpha value is -2.11. The van der Waals surface area contributed by atoms with Crippen LogP contribution in [0.5, 0.6) is 0 Å². The van der Waals surface area contributed by atoms with Gasteiger partial charge in [-0.25, -0.2) is 4.39 Å².